The normalized spacial score (nSPS) is 12.7. The molecule has 0 spiro atoms. The molecule has 1 heterocycles. The first-order chi connectivity index (χ1) is 9.76. The SMILES string of the molecule is Cc1ccc2oc(C(Cc3ccccc3)NN)cc2c1. The van der Waals surface area contributed by atoms with Crippen LogP contribution in [0.2, 0.25) is 0 Å². The quantitative estimate of drug-likeness (QED) is 0.561. The van der Waals surface area contributed by atoms with Crippen molar-refractivity contribution in [2.24, 2.45) is 5.84 Å². The van der Waals surface area contributed by atoms with Gasteiger partial charge in [-0.2, -0.15) is 0 Å². The molecular formula is C17H18N2O. The number of fused-ring (bicyclic) bond motifs is 1. The predicted octanol–water partition coefficient (Wildman–Crippen LogP) is 3.49. The Kier molecular flexibility index (Phi) is 3.54. The van der Waals surface area contributed by atoms with E-state index in [0.29, 0.717) is 0 Å². The summed E-state index contributed by atoms with van der Waals surface area (Å²) in [4.78, 5) is 0. The summed E-state index contributed by atoms with van der Waals surface area (Å²) in [6.45, 7) is 2.08. The van der Waals surface area contributed by atoms with Gasteiger partial charge in [0.15, 0.2) is 0 Å². The fourth-order valence-corrected chi connectivity index (χ4v) is 2.45. The van der Waals surface area contributed by atoms with Crippen LogP contribution < -0.4 is 11.3 Å². The van der Waals surface area contributed by atoms with Gasteiger partial charge in [-0.3, -0.25) is 5.84 Å². The van der Waals surface area contributed by atoms with E-state index >= 15 is 0 Å². The zero-order valence-corrected chi connectivity index (χ0v) is 11.5. The minimum Gasteiger partial charge on any atom is -0.459 e. The van der Waals surface area contributed by atoms with Crippen molar-refractivity contribution >= 4 is 11.0 Å². The predicted molar refractivity (Wildman–Crippen MR) is 81.2 cm³/mol. The molecule has 102 valence electrons. The highest BCUT2D eigenvalue weighted by atomic mass is 16.3. The van der Waals surface area contributed by atoms with Crippen LogP contribution >= 0.6 is 0 Å². The molecule has 0 amide bonds. The van der Waals surface area contributed by atoms with Gasteiger partial charge in [-0.1, -0.05) is 42.0 Å². The Morgan fingerprint density at radius 1 is 1.10 bits per heavy atom. The van der Waals surface area contributed by atoms with Crippen LogP contribution in [-0.2, 0) is 6.42 Å². The number of nitrogens with two attached hydrogens (primary N) is 1. The molecule has 0 aliphatic rings. The Hall–Kier alpha value is -2.10. The summed E-state index contributed by atoms with van der Waals surface area (Å²) in [6.07, 6.45) is 0.802. The summed E-state index contributed by atoms with van der Waals surface area (Å²) in [5, 5.41) is 1.12. The fraction of sp³-hybridized carbons (Fsp3) is 0.176. The summed E-state index contributed by atoms with van der Waals surface area (Å²) in [5.41, 5.74) is 6.21. The van der Waals surface area contributed by atoms with Crippen LogP contribution in [-0.4, -0.2) is 0 Å². The number of hydrazine groups is 1. The van der Waals surface area contributed by atoms with Gasteiger partial charge in [0.25, 0.3) is 0 Å². The summed E-state index contributed by atoms with van der Waals surface area (Å²) in [6, 6.07) is 18.5. The van der Waals surface area contributed by atoms with E-state index in [4.69, 9.17) is 10.3 Å². The lowest BCUT2D eigenvalue weighted by molar-refractivity contribution is 0.434. The number of aryl methyl sites for hydroxylation is 1. The van der Waals surface area contributed by atoms with Gasteiger partial charge >= 0.3 is 0 Å². The van der Waals surface area contributed by atoms with Crippen LogP contribution in [0.5, 0.6) is 0 Å². The number of hydrogen-bond acceptors (Lipinski definition) is 3. The van der Waals surface area contributed by atoms with Crippen molar-refractivity contribution in [1.29, 1.82) is 0 Å². The van der Waals surface area contributed by atoms with Crippen LogP contribution in [0.15, 0.2) is 59.0 Å². The maximum Gasteiger partial charge on any atom is 0.134 e. The highest BCUT2D eigenvalue weighted by Crippen LogP contribution is 2.26. The Labute approximate surface area is 118 Å². The van der Waals surface area contributed by atoms with Crippen molar-refractivity contribution < 1.29 is 4.42 Å². The first-order valence-electron chi connectivity index (χ1n) is 6.76. The molecule has 1 unspecified atom stereocenters. The molecule has 0 aliphatic carbocycles. The van der Waals surface area contributed by atoms with Crippen molar-refractivity contribution in [3.8, 4) is 0 Å². The average molecular weight is 266 g/mol. The average Bonchev–Trinajstić information content (AvgIpc) is 2.88. The Morgan fingerprint density at radius 3 is 2.65 bits per heavy atom. The summed E-state index contributed by atoms with van der Waals surface area (Å²) >= 11 is 0. The number of nitrogens with one attached hydrogen (secondary N) is 1. The third-order valence-corrected chi connectivity index (χ3v) is 3.52. The van der Waals surface area contributed by atoms with Gasteiger partial charge in [-0.05, 0) is 37.1 Å². The summed E-state index contributed by atoms with van der Waals surface area (Å²) in [7, 11) is 0. The molecular weight excluding hydrogens is 248 g/mol. The van der Waals surface area contributed by atoms with Gasteiger partial charge in [0.05, 0.1) is 6.04 Å². The maximum atomic E-state index is 5.91. The van der Waals surface area contributed by atoms with Crippen molar-refractivity contribution in [2.75, 3.05) is 0 Å². The third-order valence-electron chi connectivity index (χ3n) is 3.52. The minimum absolute atomic E-state index is 0.0230. The maximum absolute atomic E-state index is 5.91. The van der Waals surface area contributed by atoms with E-state index in [9.17, 15) is 0 Å². The first kappa shape index (κ1) is 12.9. The van der Waals surface area contributed by atoms with E-state index < -0.39 is 0 Å². The van der Waals surface area contributed by atoms with Crippen molar-refractivity contribution in [2.45, 2.75) is 19.4 Å². The molecule has 0 saturated carbocycles. The van der Waals surface area contributed by atoms with Gasteiger partial charge in [-0.15, -0.1) is 0 Å². The zero-order chi connectivity index (χ0) is 13.9. The van der Waals surface area contributed by atoms with Gasteiger partial charge in [0.1, 0.15) is 11.3 Å². The molecule has 3 N–H and O–H groups in total. The monoisotopic (exact) mass is 266 g/mol. The highest BCUT2D eigenvalue weighted by molar-refractivity contribution is 5.78. The van der Waals surface area contributed by atoms with Gasteiger partial charge in [-0.25, -0.2) is 5.43 Å². The molecule has 0 saturated heterocycles. The lowest BCUT2D eigenvalue weighted by Crippen LogP contribution is -2.29. The van der Waals surface area contributed by atoms with Crippen LogP contribution in [0.25, 0.3) is 11.0 Å². The van der Waals surface area contributed by atoms with Crippen LogP contribution in [0.4, 0.5) is 0 Å². The van der Waals surface area contributed by atoms with E-state index in [2.05, 4.69) is 42.7 Å². The molecule has 0 bridgehead atoms. The fourth-order valence-electron chi connectivity index (χ4n) is 2.45. The van der Waals surface area contributed by atoms with E-state index in [1.807, 2.05) is 24.3 Å². The second-order valence-corrected chi connectivity index (χ2v) is 5.10. The van der Waals surface area contributed by atoms with E-state index in [-0.39, 0.29) is 6.04 Å². The Bertz CT molecular complexity index is 703. The second kappa shape index (κ2) is 5.49. The van der Waals surface area contributed by atoms with E-state index in [1.165, 1.54) is 11.1 Å². The van der Waals surface area contributed by atoms with Gasteiger partial charge < -0.3 is 4.42 Å². The number of benzene rings is 2. The Morgan fingerprint density at radius 2 is 1.90 bits per heavy atom. The summed E-state index contributed by atoms with van der Waals surface area (Å²) < 4.78 is 5.91. The largest absolute Gasteiger partial charge is 0.459 e. The lowest BCUT2D eigenvalue weighted by Gasteiger charge is -2.13. The van der Waals surface area contributed by atoms with Crippen molar-refractivity contribution in [3.63, 3.8) is 0 Å². The van der Waals surface area contributed by atoms with Gasteiger partial charge in [0, 0.05) is 5.39 Å². The molecule has 3 aromatic rings. The molecule has 1 aromatic heterocycles. The molecule has 3 heteroatoms. The number of hydrogen-bond donors (Lipinski definition) is 2. The molecule has 0 aliphatic heterocycles. The molecule has 0 fully saturated rings. The standard InChI is InChI=1S/C17H18N2O/c1-12-7-8-16-14(9-12)11-17(20-16)15(19-18)10-13-5-3-2-4-6-13/h2-9,11,15,19H,10,18H2,1H3. The zero-order valence-electron chi connectivity index (χ0n) is 11.5. The number of furan rings is 1. The minimum atomic E-state index is -0.0230. The highest BCUT2D eigenvalue weighted by Gasteiger charge is 2.15. The van der Waals surface area contributed by atoms with E-state index in [0.717, 1.165) is 23.2 Å². The second-order valence-electron chi connectivity index (χ2n) is 5.10. The lowest BCUT2D eigenvalue weighted by atomic mass is 10.0. The van der Waals surface area contributed by atoms with E-state index in [1.54, 1.807) is 0 Å². The molecule has 3 nitrogen and oxygen atoms in total. The molecule has 3 rings (SSSR count). The van der Waals surface area contributed by atoms with Crippen LogP contribution in [0, 0.1) is 6.92 Å². The van der Waals surface area contributed by atoms with Crippen molar-refractivity contribution in [1.82, 2.24) is 5.43 Å². The van der Waals surface area contributed by atoms with Crippen LogP contribution in [0.1, 0.15) is 22.9 Å². The van der Waals surface area contributed by atoms with Crippen molar-refractivity contribution in [3.05, 3.63) is 71.5 Å². The Balaban J connectivity index is 1.91. The smallest absolute Gasteiger partial charge is 0.134 e. The van der Waals surface area contributed by atoms with Gasteiger partial charge in [0.2, 0.25) is 0 Å². The molecule has 20 heavy (non-hydrogen) atoms. The topological polar surface area (TPSA) is 51.2 Å². The third kappa shape index (κ3) is 2.59. The molecule has 2 aromatic carbocycles. The van der Waals surface area contributed by atoms with Crippen LogP contribution in [0.3, 0.4) is 0 Å². The molecule has 1 atom stereocenters. The summed E-state index contributed by atoms with van der Waals surface area (Å²) in [5.74, 6) is 6.57. The molecule has 0 radical (unpaired) electrons. The number of rotatable bonds is 4. The first-order valence-corrected chi connectivity index (χ1v) is 6.76.